The van der Waals surface area contributed by atoms with Gasteiger partial charge in [0.15, 0.2) is 0 Å². The first kappa shape index (κ1) is 10.3. The monoisotopic (exact) mass is 192 g/mol. The molecule has 0 heterocycles. The van der Waals surface area contributed by atoms with Gasteiger partial charge in [-0.15, -0.1) is 0 Å². The molecule has 2 saturated carbocycles. The normalized spacial score (nSPS) is 40.4. The second kappa shape index (κ2) is 3.40. The minimum atomic E-state index is 0.575. The molecule has 80 valence electrons. The maximum atomic E-state index is 2.52. The molecule has 0 aromatic rings. The fourth-order valence-electron chi connectivity index (χ4n) is 2.89. The van der Waals surface area contributed by atoms with Crippen LogP contribution in [0.4, 0.5) is 0 Å². The molecule has 0 amide bonds. The number of allylic oxidation sites excluding steroid dienone is 2. The van der Waals surface area contributed by atoms with Crippen LogP contribution < -0.4 is 0 Å². The molecule has 0 N–H and O–H groups in total. The number of hydrogen-bond donors (Lipinski definition) is 0. The Bertz CT molecular complexity index is 245. The van der Waals surface area contributed by atoms with Crippen molar-refractivity contribution in [1.82, 2.24) is 0 Å². The summed E-state index contributed by atoms with van der Waals surface area (Å²) >= 11 is 0. The summed E-state index contributed by atoms with van der Waals surface area (Å²) in [5.41, 5.74) is 2.33. The van der Waals surface area contributed by atoms with E-state index >= 15 is 0 Å². The fraction of sp³-hybridized carbons (Fsp3) is 0.857. The topological polar surface area (TPSA) is 0 Å². The maximum absolute atomic E-state index is 2.52. The molecule has 2 rings (SSSR count). The molecule has 0 nitrogen and oxygen atoms in total. The first-order valence-corrected chi connectivity index (χ1v) is 6.23. The Morgan fingerprint density at radius 1 is 1.43 bits per heavy atom. The third kappa shape index (κ3) is 1.76. The molecule has 14 heavy (non-hydrogen) atoms. The van der Waals surface area contributed by atoms with Crippen molar-refractivity contribution in [2.24, 2.45) is 23.2 Å². The van der Waals surface area contributed by atoms with E-state index in [2.05, 4.69) is 33.8 Å². The van der Waals surface area contributed by atoms with Crippen molar-refractivity contribution >= 4 is 0 Å². The molecule has 0 aromatic carbocycles. The van der Waals surface area contributed by atoms with Crippen LogP contribution in [-0.4, -0.2) is 0 Å². The summed E-state index contributed by atoms with van der Waals surface area (Å²) in [6, 6.07) is 0. The maximum Gasteiger partial charge on any atom is -0.00849 e. The van der Waals surface area contributed by atoms with Gasteiger partial charge in [-0.05, 0) is 36.0 Å². The lowest BCUT2D eigenvalue weighted by atomic mass is 9.55. The van der Waals surface area contributed by atoms with E-state index in [0.717, 1.165) is 17.8 Å². The largest absolute Gasteiger partial charge is 0.0822 e. The summed E-state index contributed by atoms with van der Waals surface area (Å²) in [5.74, 6) is 2.72. The van der Waals surface area contributed by atoms with Crippen molar-refractivity contribution in [2.45, 2.75) is 53.4 Å². The van der Waals surface area contributed by atoms with E-state index in [9.17, 15) is 0 Å². The highest BCUT2D eigenvalue weighted by Crippen LogP contribution is 2.57. The summed E-state index contributed by atoms with van der Waals surface area (Å²) in [4.78, 5) is 0. The van der Waals surface area contributed by atoms with Crippen LogP contribution in [0.1, 0.15) is 53.4 Å². The first-order chi connectivity index (χ1) is 6.52. The summed E-state index contributed by atoms with van der Waals surface area (Å²) in [5, 5.41) is 0. The predicted molar refractivity (Wildman–Crippen MR) is 62.2 cm³/mol. The van der Waals surface area contributed by atoms with Crippen LogP contribution in [0, 0.1) is 23.2 Å². The van der Waals surface area contributed by atoms with Crippen molar-refractivity contribution in [3.63, 3.8) is 0 Å². The van der Waals surface area contributed by atoms with Crippen molar-refractivity contribution < 1.29 is 0 Å². The van der Waals surface area contributed by atoms with Gasteiger partial charge in [0.1, 0.15) is 0 Å². The summed E-state index contributed by atoms with van der Waals surface area (Å²) in [6.07, 6.45) is 8.34. The van der Waals surface area contributed by atoms with Crippen LogP contribution in [0.2, 0.25) is 0 Å². The summed E-state index contributed by atoms with van der Waals surface area (Å²) in [7, 11) is 0. The van der Waals surface area contributed by atoms with Crippen LogP contribution in [-0.2, 0) is 0 Å². The Hall–Kier alpha value is -0.260. The molecule has 0 radical (unpaired) electrons. The lowest BCUT2D eigenvalue weighted by molar-refractivity contribution is 0.135. The Balaban J connectivity index is 2.05. The van der Waals surface area contributed by atoms with E-state index in [0.29, 0.717) is 5.41 Å². The Kier molecular flexibility index (Phi) is 2.49. The van der Waals surface area contributed by atoms with E-state index in [1.807, 2.05) is 0 Å². The molecule has 0 heteroatoms. The molecule has 2 unspecified atom stereocenters. The zero-order valence-corrected chi connectivity index (χ0v) is 10.1. The van der Waals surface area contributed by atoms with E-state index < -0.39 is 0 Å². The quantitative estimate of drug-likeness (QED) is 0.581. The predicted octanol–water partition coefficient (Wildman–Crippen LogP) is 4.42. The third-order valence-corrected chi connectivity index (χ3v) is 4.29. The molecule has 0 spiro atoms. The molecular formula is C14H24. The van der Waals surface area contributed by atoms with Gasteiger partial charge < -0.3 is 0 Å². The average Bonchev–Trinajstić information content (AvgIpc) is 2.87. The third-order valence-electron chi connectivity index (χ3n) is 4.29. The van der Waals surface area contributed by atoms with Crippen LogP contribution >= 0.6 is 0 Å². The number of hydrogen-bond acceptors (Lipinski definition) is 0. The van der Waals surface area contributed by atoms with E-state index in [1.165, 1.54) is 25.7 Å². The highest BCUT2D eigenvalue weighted by Gasteiger charge is 2.46. The van der Waals surface area contributed by atoms with Crippen LogP contribution in [0.5, 0.6) is 0 Å². The molecule has 2 fully saturated rings. The van der Waals surface area contributed by atoms with Gasteiger partial charge in [-0.1, -0.05) is 52.2 Å². The molecule has 2 aliphatic carbocycles. The van der Waals surface area contributed by atoms with Gasteiger partial charge in [-0.25, -0.2) is 0 Å². The smallest absolute Gasteiger partial charge is 0.00849 e. The SMILES string of the molecule is CC(C)C=C1CC(C)C1(C)CC1CC1. The van der Waals surface area contributed by atoms with Gasteiger partial charge in [-0.3, -0.25) is 0 Å². The Morgan fingerprint density at radius 2 is 2.07 bits per heavy atom. The van der Waals surface area contributed by atoms with Crippen molar-refractivity contribution in [3.8, 4) is 0 Å². The van der Waals surface area contributed by atoms with Crippen molar-refractivity contribution in [1.29, 1.82) is 0 Å². The zero-order chi connectivity index (χ0) is 10.3. The molecule has 0 aliphatic heterocycles. The molecule has 2 aliphatic rings. The van der Waals surface area contributed by atoms with Gasteiger partial charge in [0.05, 0.1) is 0 Å². The van der Waals surface area contributed by atoms with Crippen LogP contribution in [0.25, 0.3) is 0 Å². The van der Waals surface area contributed by atoms with Crippen molar-refractivity contribution in [2.75, 3.05) is 0 Å². The second-order valence-electron chi connectivity index (χ2n) is 6.11. The highest BCUT2D eigenvalue weighted by molar-refractivity contribution is 5.26. The molecule has 2 atom stereocenters. The van der Waals surface area contributed by atoms with Gasteiger partial charge in [0.2, 0.25) is 0 Å². The number of rotatable bonds is 3. The fourth-order valence-corrected chi connectivity index (χ4v) is 2.89. The van der Waals surface area contributed by atoms with Gasteiger partial charge in [-0.2, -0.15) is 0 Å². The van der Waals surface area contributed by atoms with E-state index in [4.69, 9.17) is 0 Å². The zero-order valence-electron chi connectivity index (χ0n) is 10.1. The van der Waals surface area contributed by atoms with Crippen LogP contribution in [0.3, 0.4) is 0 Å². The molecular weight excluding hydrogens is 168 g/mol. The standard InChI is InChI=1S/C14H24/c1-10(2)7-13-8-11(3)14(13,4)9-12-5-6-12/h7,10-12H,5-6,8-9H2,1-4H3. The summed E-state index contributed by atoms with van der Waals surface area (Å²) < 4.78 is 0. The average molecular weight is 192 g/mol. The van der Waals surface area contributed by atoms with Crippen LogP contribution in [0.15, 0.2) is 11.6 Å². The summed E-state index contributed by atoms with van der Waals surface area (Å²) in [6.45, 7) is 9.52. The molecule has 0 saturated heterocycles. The van der Waals surface area contributed by atoms with Crippen molar-refractivity contribution in [3.05, 3.63) is 11.6 Å². The molecule has 0 bridgehead atoms. The first-order valence-electron chi connectivity index (χ1n) is 6.23. The molecule has 0 aromatic heterocycles. The minimum absolute atomic E-state index is 0.575. The Morgan fingerprint density at radius 3 is 2.50 bits per heavy atom. The van der Waals surface area contributed by atoms with E-state index in [1.54, 1.807) is 5.57 Å². The van der Waals surface area contributed by atoms with Gasteiger partial charge in [0, 0.05) is 0 Å². The second-order valence-corrected chi connectivity index (χ2v) is 6.11. The highest BCUT2D eigenvalue weighted by atomic mass is 14.5. The lowest BCUT2D eigenvalue weighted by Crippen LogP contribution is -2.39. The van der Waals surface area contributed by atoms with Gasteiger partial charge >= 0.3 is 0 Å². The minimum Gasteiger partial charge on any atom is -0.0822 e. The lowest BCUT2D eigenvalue weighted by Gasteiger charge is -2.49. The van der Waals surface area contributed by atoms with E-state index in [-0.39, 0.29) is 0 Å². The Labute approximate surface area is 88.8 Å². The van der Waals surface area contributed by atoms with Gasteiger partial charge in [0.25, 0.3) is 0 Å².